The maximum atomic E-state index is 12.5. The molecule has 0 radical (unpaired) electrons. The van der Waals surface area contributed by atoms with Crippen LogP contribution in [0.1, 0.15) is 36.7 Å². The van der Waals surface area contributed by atoms with Gasteiger partial charge in [-0.25, -0.2) is 0 Å². The van der Waals surface area contributed by atoms with Gasteiger partial charge in [0.25, 0.3) is 5.91 Å². The first-order valence-electron chi connectivity index (χ1n) is 6.67. The highest BCUT2D eigenvalue weighted by molar-refractivity contribution is 5.96. The smallest absolute Gasteiger partial charge is 0.255 e. The van der Waals surface area contributed by atoms with Crippen molar-refractivity contribution in [3.8, 4) is 11.8 Å². The van der Waals surface area contributed by atoms with Crippen molar-refractivity contribution in [2.75, 3.05) is 19.6 Å². The summed E-state index contributed by atoms with van der Waals surface area (Å²) in [5, 5.41) is 0. The van der Waals surface area contributed by atoms with Crippen molar-refractivity contribution >= 4 is 5.91 Å². The van der Waals surface area contributed by atoms with Crippen molar-refractivity contribution in [3.05, 3.63) is 35.4 Å². The largest absolute Gasteiger partial charge is 0.339 e. The zero-order valence-electron chi connectivity index (χ0n) is 11.9. The molecule has 1 rings (SSSR count). The summed E-state index contributed by atoms with van der Waals surface area (Å²) in [5.41, 5.74) is 6.79. The Balaban J connectivity index is 3.04. The first-order valence-corrected chi connectivity index (χ1v) is 6.67. The van der Waals surface area contributed by atoms with E-state index in [-0.39, 0.29) is 5.91 Å². The Morgan fingerprint density at radius 3 is 2.63 bits per heavy atom. The van der Waals surface area contributed by atoms with E-state index >= 15 is 0 Å². The third kappa shape index (κ3) is 4.42. The van der Waals surface area contributed by atoms with Gasteiger partial charge in [0, 0.05) is 18.7 Å². The minimum Gasteiger partial charge on any atom is -0.339 e. The van der Waals surface area contributed by atoms with E-state index in [0.29, 0.717) is 24.6 Å². The fourth-order valence-electron chi connectivity index (χ4n) is 1.89. The van der Waals surface area contributed by atoms with Gasteiger partial charge >= 0.3 is 0 Å². The maximum Gasteiger partial charge on any atom is 0.255 e. The Bertz CT molecular complexity index is 483. The summed E-state index contributed by atoms with van der Waals surface area (Å²) in [6.07, 6.45) is 0. The first kappa shape index (κ1) is 15.3. The Kier molecular flexibility index (Phi) is 6.11. The van der Waals surface area contributed by atoms with Crippen LogP contribution in [0.3, 0.4) is 0 Å². The van der Waals surface area contributed by atoms with Crippen molar-refractivity contribution in [2.45, 2.75) is 20.8 Å². The standard InChI is InChI=1S/C16H22N2O/c1-4-18(12-13(2)3)16(19)15-10-6-5-8-14(15)9-7-11-17/h5-6,8,10,13H,4,11-12,17H2,1-3H3. The number of carbonyl (C=O) groups excluding carboxylic acids is 1. The summed E-state index contributed by atoms with van der Waals surface area (Å²) in [5.74, 6) is 6.26. The molecule has 1 aromatic carbocycles. The number of benzene rings is 1. The van der Waals surface area contributed by atoms with Gasteiger partial charge < -0.3 is 10.6 Å². The number of hydrogen-bond donors (Lipinski definition) is 1. The second kappa shape index (κ2) is 7.60. The first-order chi connectivity index (χ1) is 9.10. The van der Waals surface area contributed by atoms with E-state index in [0.717, 1.165) is 12.1 Å². The van der Waals surface area contributed by atoms with Gasteiger partial charge in [-0.2, -0.15) is 0 Å². The quantitative estimate of drug-likeness (QED) is 0.841. The van der Waals surface area contributed by atoms with E-state index < -0.39 is 0 Å². The third-order valence-electron chi connectivity index (χ3n) is 2.74. The lowest BCUT2D eigenvalue weighted by Crippen LogP contribution is -2.34. The Morgan fingerprint density at radius 1 is 1.37 bits per heavy atom. The Hall–Kier alpha value is -1.79. The average Bonchev–Trinajstić information content (AvgIpc) is 2.41. The molecule has 0 heterocycles. The van der Waals surface area contributed by atoms with Crippen LogP contribution in [0.5, 0.6) is 0 Å². The lowest BCUT2D eigenvalue weighted by atomic mass is 10.1. The van der Waals surface area contributed by atoms with E-state index in [1.807, 2.05) is 36.1 Å². The fourth-order valence-corrected chi connectivity index (χ4v) is 1.89. The summed E-state index contributed by atoms with van der Waals surface area (Å²) in [7, 11) is 0. The number of carbonyl (C=O) groups is 1. The molecule has 102 valence electrons. The van der Waals surface area contributed by atoms with Gasteiger partial charge in [0.1, 0.15) is 0 Å². The maximum absolute atomic E-state index is 12.5. The van der Waals surface area contributed by atoms with Gasteiger partial charge in [-0.05, 0) is 25.0 Å². The second-order valence-corrected chi connectivity index (χ2v) is 4.79. The summed E-state index contributed by atoms with van der Waals surface area (Å²) in [6.45, 7) is 7.97. The van der Waals surface area contributed by atoms with E-state index in [4.69, 9.17) is 5.73 Å². The molecule has 1 aromatic rings. The molecular formula is C16H22N2O. The van der Waals surface area contributed by atoms with Gasteiger partial charge in [0.15, 0.2) is 0 Å². The summed E-state index contributed by atoms with van der Waals surface area (Å²) < 4.78 is 0. The SMILES string of the molecule is CCN(CC(C)C)C(=O)c1ccccc1C#CCN. The highest BCUT2D eigenvalue weighted by Gasteiger charge is 2.17. The van der Waals surface area contributed by atoms with Crippen LogP contribution in [0.25, 0.3) is 0 Å². The van der Waals surface area contributed by atoms with Crippen LogP contribution in [-0.2, 0) is 0 Å². The molecule has 0 aliphatic carbocycles. The number of nitrogens with two attached hydrogens (primary N) is 1. The Morgan fingerprint density at radius 2 is 2.05 bits per heavy atom. The normalized spacial score (nSPS) is 9.95. The summed E-state index contributed by atoms with van der Waals surface area (Å²) >= 11 is 0. The van der Waals surface area contributed by atoms with E-state index in [9.17, 15) is 4.79 Å². The van der Waals surface area contributed by atoms with Crippen LogP contribution in [0, 0.1) is 17.8 Å². The average molecular weight is 258 g/mol. The van der Waals surface area contributed by atoms with Crippen molar-refractivity contribution < 1.29 is 4.79 Å². The number of hydrogen-bond acceptors (Lipinski definition) is 2. The second-order valence-electron chi connectivity index (χ2n) is 4.79. The lowest BCUT2D eigenvalue weighted by molar-refractivity contribution is 0.0745. The molecule has 0 fully saturated rings. The minimum atomic E-state index is 0.0399. The molecule has 0 aromatic heterocycles. The van der Waals surface area contributed by atoms with Crippen molar-refractivity contribution in [2.24, 2.45) is 11.7 Å². The summed E-state index contributed by atoms with van der Waals surface area (Å²) in [4.78, 5) is 14.4. The van der Waals surface area contributed by atoms with Gasteiger partial charge in [-0.1, -0.05) is 37.8 Å². The van der Waals surface area contributed by atoms with Crippen molar-refractivity contribution in [1.82, 2.24) is 4.90 Å². The number of nitrogens with zero attached hydrogens (tertiary/aromatic N) is 1. The van der Waals surface area contributed by atoms with E-state index in [1.54, 1.807) is 0 Å². The Labute approximate surface area is 115 Å². The fraction of sp³-hybridized carbons (Fsp3) is 0.438. The predicted octanol–water partition coefficient (Wildman–Crippen LogP) is 2.11. The highest BCUT2D eigenvalue weighted by Crippen LogP contribution is 2.12. The molecule has 0 unspecified atom stereocenters. The highest BCUT2D eigenvalue weighted by atomic mass is 16.2. The number of amides is 1. The molecule has 0 aliphatic rings. The molecule has 2 N–H and O–H groups in total. The molecule has 1 amide bonds. The summed E-state index contributed by atoms with van der Waals surface area (Å²) in [6, 6.07) is 7.44. The van der Waals surface area contributed by atoms with E-state index in [2.05, 4.69) is 25.7 Å². The minimum absolute atomic E-state index is 0.0399. The third-order valence-corrected chi connectivity index (χ3v) is 2.74. The molecule has 0 aliphatic heterocycles. The molecule has 3 nitrogen and oxygen atoms in total. The van der Waals surface area contributed by atoms with Crippen molar-refractivity contribution in [1.29, 1.82) is 0 Å². The van der Waals surface area contributed by atoms with Gasteiger partial charge in [-0.15, -0.1) is 0 Å². The van der Waals surface area contributed by atoms with Crippen LogP contribution in [0.4, 0.5) is 0 Å². The van der Waals surface area contributed by atoms with Crippen LogP contribution in [0.2, 0.25) is 0 Å². The van der Waals surface area contributed by atoms with Crippen molar-refractivity contribution in [3.63, 3.8) is 0 Å². The van der Waals surface area contributed by atoms with Crippen LogP contribution in [0.15, 0.2) is 24.3 Å². The van der Waals surface area contributed by atoms with Gasteiger partial charge in [0.05, 0.1) is 12.1 Å². The van der Waals surface area contributed by atoms with Crippen LogP contribution >= 0.6 is 0 Å². The molecule has 3 heteroatoms. The molecule has 0 saturated carbocycles. The molecule has 0 bridgehead atoms. The molecule has 0 saturated heterocycles. The topological polar surface area (TPSA) is 46.3 Å². The van der Waals surface area contributed by atoms with Crippen LogP contribution in [-0.4, -0.2) is 30.4 Å². The molecule has 19 heavy (non-hydrogen) atoms. The monoisotopic (exact) mass is 258 g/mol. The zero-order chi connectivity index (χ0) is 14.3. The molecule has 0 atom stereocenters. The zero-order valence-corrected chi connectivity index (χ0v) is 11.9. The molecular weight excluding hydrogens is 236 g/mol. The van der Waals surface area contributed by atoms with Gasteiger partial charge in [-0.3, -0.25) is 4.79 Å². The lowest BCUT2D eigenvalue weighted by Gasteiger charge is -2.23. The van der Waals surface area contributed by atoms with E-state index in [1.165, 1.54) is 0 Å². The number of rotatable bonds is 4. The molecule has 0 spiro atoms. The predicted molar refractivity (Wildman–Crippen MR) is 78.8 cm³/mol. The van der Waals surface area contributed by atoms with Crippen LogP contribution < -0.4 is 5.73 Å². The van der Waals surface area contributed by atoms with Gasteiger partial charge in [0.2, 0.25) is 0 Å².